The Labute approximate surface area is 141 Å². The molecule has 0 bridgehead atoms. The molecule has 25 heavy (non-hydrogen) atoms. The van der Waals surface area contributed by atoms with E-state index < -0.39 is 41.9 Å². The van der Waals surface area contributed by atoms with Gasteiger partial charge in [0.15, 0.2) is 6.23 Å². The number of nitrogens with one attached hydrogen (secondary N) is 2. The minimum atomic E-state index is -1.44. The Hall–Kier alpha value is -2.50. The van der Waals surface area contributed by atoms with Crippen LogP contribution in [0.15, 0.2) is 27.0 Å². The van der Waals surface area contributed by atoms with Gasteiger partial charge in [0.25, 0.3) is 5.56 Å². The molecule has 0 saturated carbocycles. The third-order valence-corrected chi connectivity index (χ3v) is 3.51. The number of rotatable bonds is 6. The number of carbonyl (C=O) groups excluding carboxylic acids is 1. The standard InChI is InChI=1S/C14H20N4O7/c1-2-3-5-15-17-14(23)24-7-8-10(20)11(21)12(25-8)18-6-4-9(19)16-13(18)22/h4-6,8,10-12,20-21H,2-3,7H2,1H3,(H,17,23)(H,16,19,22)/b15-5+/t8-,10-,11-,12-/m1/s1. The molecule has 1 fully saturated rings. The fraction of sp³-hybridized carbons (Fsp3) is 0.571. The molecule has 0 unspecified atom stereocenters. The van der Waals surface area contributed by atoms with Gasteiger partial charge in [-0.2, -0.15) is 5.10 Å². The molecule has 1 amide bonds. The number of H-pyrrole nitrogens is 1. The SMILES string of the molecule is CCC/C=N/NC(=O)OC[C@H]1O[C@@H](n2ccc(=O)[nH]c2=O)[C@H](O)[C@@H]1O. The summed E-state index contributed by atoms with van der Waals surface area (Å²) in [5.41, 5.74) is 0.739. The van der Waals surface area contributed by atoms with E-state index in [4.69, 9.17) is 9.47 Å². The van der Waals surface area contributed by atoms with Crippen LogP contribution in [0.4, 0.5) is 4.79 Å². The maximum Gasteiger partial charge on any atom is 0.427 e. The maximum absolute atomic E-state index is 11.7. The topological polar surface area (TPSA) is 155 Å². The zero-order valence-corrected chi connectivity index (χ0v) is 13.5. The molecule has 11 heteroatoms. The predicted octanol–water partition coefficient (Wildman–Crippen LogP) is -1.33. The smallest absolute Gasteiger partial charge is 0.427 e. The van der Waals surface area contributed by atoms with Crippen molar-refractivity contribution in [2.24, 2.45) is 5.10 Å². The normalized spacial score (nSPS) is 26.0. The fourth-order valence-electron chi connectivity index (χ4n) is 2.21. The molecule has 0 radical (unpaired) electrons. The number of amides is 1. The van der Waals surface area contributed by atoms with E-state index >= 15 is 0 Å². The van der Waals surface area contributed by atoms with Crippen LogP contribution in [-0.4, -0.2) is 57.0 Å². The van der Waals surface area contributed by atoms with Crippen LogP contribution in [0.2, 0.25) is 0 Å². The van der Waals surface area contributed by atoms with Crippen LogP contribution < -0.4 is 16.7 Å². The van der Waals surface area contributed by atoms with Gasteiger partial charge in [0.2, 0.25) is 0 Å². The third kappa shape index (κ3) is 4.75. The van der Waals surface area contributed by atoms with Gasteiger partial charge in [-0.3, -0.25) is 14.3 Å². The van der Waals surface area contributed by atoms with Gasteiger partial charge in [0, 0.05) is 18.5 Å². The van der Waals surface area contributed by atoms with E-state index in [2.05, 4.69) is 10.5 Å². The number of carbonyl (C=O) groups is 1. The van der Waals surface area contributed by atoms with E-state index in [1.54, 1.807) is 0 Å². The Bertz CT molecular complexity index is 728. The van der Waals surface area contributed by atoms with Crippen molar-refractivity contribution in [1.29, 1.82) is 0 Å². The summed E-state index contributed by atoms with van der Waals surface area (Å²) >= 11 is 0. The van der Waals surface area contributed by atoms with Crippen LogP contribution in [-0.2, 0) is 9.47 Å². The van der Waals surface area contributed by atoms with Crippen molar-refractivity contribution in [2.75, 3.05) is 6.61 Å². The zero-order chi connectivity index (χ0) is 18.4. The molecule has 2 rings (SSSR count). The van der Waals surface area contributed by atoms with E-state index in [1.165, 1.54) is 6.21 Å². The largest absolute Gasteiger partial charge is 0.445 e. The number of aromatic amines is 1. The molecule has 1 aliphatic rings. The molecule has 2 heterocycles. The van der Waals surface area contributed by atoms with Crippen molar-refractivity contribution in [1.82, 2.24) is 15.0 Å². The zero-order valence-electron chi connectivity index (χ0n) is 13.5. The highest BCUT2D eigenvalue weighted by Gasteiger charge is 2.44. The number of hydrogen-bond acceptors (Lipinski definition) is 8. The van der Waals surface area contributed by atoms with E-state index in [0.717, 1.165) is 23.3 Å². The number of hydrogen-bond donors (Lipinski definition) is 4. The predicted molar refractivity (Wildman–Crippen MR) is 85.1 cm³/mol. The molecule has 0 aliphatic carbocycles. The first-order valence-corrected chi connectivity index (χ1v) is 7.71. The Morgan fingerprint density at radius 1 is 1.48 bits per heavy atom. The minimum absolute atomic E-state index is 0.359. The van der Waals surface area contributed by atoms with Crippen molar-refractivity contribution < 1.29 is 24.5 Å². The number of hydrazone groups is 1. The second-order valence-electron chi connectivity index (χ2n) is 5.37. The first-order valence-electron chi connectivity index (χ1n) is 7.71. The highest BCUT2D eigenvalue weighted by molar-refractivity contribution is 5.69. The Morgan fingerprint density at radius 3 is 2.92 bits per heavy atom. The first-order chi connectivity index (χ1) is 11.9. The summed E-state index contributed by atoms with van der Waals surface area (Å²) in [4.78, 5) is 36.3. The Kier molecular flexibility index (Phi) is 6.44. The van der Waals surface area contributed by atoms with Gasteiger partial charge in [-0.1, -0.05) is 13.3 Å². The summed E-state index contributed by atoms with van der Waals surface area (Å²) in [5.74, 6) is 0. The van der Waals surface area contributed by atoms with Crippen molar-refractivity contribution >= 4 is 12.3 Å². The van der Waals surface area contributed by atoms with E-state index in [-0.39, 0.29) is 6.61 Å². The molecule has 0 spiro atoms. The summed E-state index contributed by atoms with van der Waals surface area (Å²) in [6.45, 7) is 1.60. The van der Waals surface area contributed by atoms with Gasteiger partial charge < -0.3 is 19.7 Å². The van der Waals surface area contributed by atoms with Gasteiger partial charge in [-0.05, 0) is 6.42 Å². The van der Waals surface area contributed by atoms with Gasteiger partial charge in [0.05, 0.1) is 0 Å². The maximum atomic E-state index is 11.7. The van der Waals surface area contributed by atoms with E-state index in [1.807, 2.05) is 11.9 Å². The lowest BCUT2D eigenvalue weighted by Gasteiger charge is -2.16. The molecular formula is C14H20N4O7. The van der Waals surface area contributed by atoms with Gasteiger partial charge in [0.1, 0.15) is 24.9 Å². The molecule has 1 saturated heterocycles. The summed E-state index contributed by atoms with van der Waals surface area (Å²) < 4.78 is 11.2. The van der Waals surface area contributed by atoms with Crippen LogP contribution in [0.3, 0.4) is 0 Å². The first kappa shape index (κ1) is 18.8. The van der Waals surface area contributed by atoms with E-state index in [0.29, 0.717) is 6.42 Å². The van der Waals surface area contributed by atoms with Crippen LogP contribution in [0.1, 0.15) is 26.0 Å². The average molecular weight is 356 g/mol. The quantitative estimate of drug-likeness (QED) is 0.363. The number of unbranched alkanes of at least 4 members (excludes halogenated alkanes) is 1. The van der Waals surface area contributed by atoms with Gasteiger partial charge in [-0.15, -0.1) is 0 Å². The summed E-state index contributed by atoms with van der Waals surface area (Å²) in [7, 11) is 0. The van der Waals surface area contributed by atoms with Crippen molar-refractivity contribution in [3.8, 4) is 0 Å². The summed E-state index contributed by atoms with van der Waals surface area (Å²) in [6.07, 6.45) is -1.71. The Balaban J connectivity index is 1.94. The van der Waals surface area contributed by atoms with Crippen LogP contribution in [0.5, 0.6) is 0 Å². The fourth-order valence-corrected chi connectivity index (χ4v) is 2.21. The summed E-state index contributed by atoms with van der Waals surface area (Å²) in [5, 5.41) is 23.7. The molecule has 0 aromatic carbocycles. The average Bonchev–Trinajstić information content (AvgIpc) is 2.85. The van der Waals surface area contributed by atoms with Crippen LogP contribution >= 0.6 is 0 Å². The van der Waals surface area contributed by atoms with E-state index in [9.17, 15) is 24.6 Å². The molecule has 11 nitrogen and oxygen atoms in total. The highest BCUT2D eigenvalue weighted by atomic mass is 16.6. The second-order valence-corrected chi connectivity index (χ2v) is 5.37. The molecule has 4 atom stereocenters. The number of aromatic nitrogens is 2. The molecule has 1 aromatic heterocycles. The third-order valence-electron chi connectivity index (χ3n) is 3.51. The van der Waals surface area contributed by atoms with Gasteiger partial charge >= 0.3 is 11.8 Å². The monoisotopic (exact) mass is 356 g/mol. The van der Waals surface area contributed by atoms with Gasteiger partial charge in [-0.25, -0.2) is 15.0 Å². The number of aliphatic hydroxyl groups excluding tert-OH is 2. The highest BCUT2D eigenvalue weighted by Crippen LogP contribution is 2.28. The number of aliphatic hydroxyl groups is 2. The van der Waals surface area contributed by atoms with Crippen molar-refractivity contribution in [3.63, 3.8) is 0 Å². The molecule has 138 valence electrons. The molecule has 1 aliphatic heterocycles. The lowest BCUT2D eigenvalue weighted by Crippen LogP contribution is -2.38. The minimum Gasteiger partial charge on any atom is -0.445 e. The number of ether oxygens (including phenoxy) is 2. The van der Waals surface area contributed by atoms with Crippen molar-refractivity contribution in [3.05, 3.63) is 33.1 Å². The molecule has 1 aromatic rings. The summed E-state index contributed by atoms with van der Waals surface area (Å²) in [6, 6.07) is 1.08. The lowest BCUT2D eigenvalue weighted by atomic mass is 10.1. The van der Waals surface area contributed by atoms with Crippen LogP contribution in [0.25, 0.3) is 0 Å². The Morgan fingerprint density at radius 2 is 2.24 bits per heavy atom. The number of nitrogens with zero attached hydrogens (tertiary/aromatic N) is 2. The lowest BCUT2D eigenvalue weighted by molar-refractivity contribution is -0.0570. The second kappa shape index (κ2) is 8.55. The van der Waals surface area contributed by atoms with Crippen LogP contribution in [0, 0.1) is 0 Å². The molecular weight excluding hydrogens is 336 g/mol. The molecule has 4 N–H and O–H groups in total. The van der Waals surface area contributed by atoms with Crippen molar-refractivity contribution in [2.45, 2.75) is 44.3 Å².